The van der Waals surface area contributed by atoms with E-state index >= 15 is 0 Å². The van der Waals surface area contributed by atoms with E-state index in [1.807, 2.05) is 0 Å². The van der Waals surface area contributed by atoms with Gasteiger partial charge in [0.1, 0.15) is 19.3 Å². The van der Waals surface area contributed by atoms with Crippen LogP contribution in [-0.2, 0) is 65.4 Å². The SMILES string of the molecule is CCCCCCCCCCCCCCCCCCCCCCC(=O)O[C@H](COC(=O)CCCCCCCCCCCCCCCCCCCCC)COP(=O)(O)OC[C@@H](O)COP(=O)(O)OC[C@@H](COC(=O)CCCCCCCCC)OC(=O)CCCCCCCCCCCCCCCCCCC. The van der Waals surface area contributed by atoms with Gasteiger partial charge in [0.05, 0.1) is 26.4 Å². The van der Waals surface area contributed by atoms with Crippen LogP contribution in [-0.4, -0.2) is 96.7 Å². The van der Waals surface area contributed by atoms with Gasteiger partial charge in [-0.1, -0.05) is 407 Å². The third kappa shape index (κ3) is 78.0. The van der Waals surface area contributed by atoms with Gasteiger partial charge in [-0.05, 0) is 25.7 Å². The predicted octanol–water partition coefficient (Wildman–Crippen LogP) is 25.7. The molecular formula is C84H164O17P2. The molecule has 0 amide bonds. The highest BCUT2D eigenvalue weighted by atomic mass is 31.2. The Morgan fingerprint density at radius 2 is 0.388 bits per heavy atom. The van der Waals surface area contributed by atoms with Crippen molar-refractivity contribution < 1.29 is 80.2 Å². The van der Waals surface area contributed by atoms with Crippen LogP contribution in [0, 0.1) is 0 Å². The van der Waals surface area contributed by atoms with Gasteiger partial charge in [-0.25, -0.2) is 9.13 Å². The molecule has 0 radical (unpaired) electrons. The number of carbonyl (C=O) groups is 4. The molecule has 0 heterocycles. The summed E-state index contributed by atoms with van der Waals surface area (Å²) in [5.74, 6) is -2.11. The van der Waals surface area contributed by atoms with Crippen LogP contribution in [0.3, 0.4) is 0 Å². The van der Waals surface area contributed by atoms with Crippen molar-refractivity contribution in [3.05, 3.63) is 0 Å². The van der Waals surface area contributed by atoms with E-state index in [-0.39, 0.29) is 25.7 Å². The first-order chi connectivity index (χ1) is 50.2. The van der Waals surface area contributed by atoms with Crippen molar-refractivity contribution in [3.63, 3.8) is 0 Å². The number of aliphatic hydroxyl groups excluding tert-OH is 1. The second kappa shape index (κ2) is 78.2. The fraction of sp³-hybridized carbons (Fsp3) is 0.952. The zero-order valence-electron chi connectivity index (χ0n) is 67.3. The lowest BCUT2D eigenvalue weighted by Gasteiger charge is -2.21. The molecule has 2 unspecified atom stereocenters. The quantitative estimate of drug-likeness (QED) is 0.0222. The van der Waals surface area contributed by atoms with Crippen LogP contribution in [0.5, 0.6) is 0 Å². The predicted molar refractivity (Wildman–Crippen MR) is 423 cm³/mol. The van der Waals surface area contributed by atoms with Gasteiger partial charge in [0, 0.05) is 25.7 Å². The third-order valence-electron chi connectivity index (χ3n) is 19.9. The largest absolute Gasteiger partial charge is 0.472 e. The topological polar surface area (TPSA) is 237 Å². The molecule has 5 atom stereocenters. The number of phosphoric acid groups is 2. The fourth-order valence-electron chi connectivity index (χ4n) is 13.2. The van der Waals surface area contributed by atoms with E-state index in [1.165, 1.54) is 276 Å². The van der Waals surface area contributed by atoms with Crippen LogP contribution >= 0.6 is 15.6 Å². The molecule has 0 aromatic heterocycles. The van der Waals surface area contributed by atoms with Gasteiger partial charge < -0.3 is 33.8 Å². The highest BCUT2D eigenvalue weighted by Gasteiger charge is 2.30. The summed E-state index contributed by atoms with van der Waals surface area (Å²) < 4.78 is 68.7. The molecule has 17 nitrogen and oxygen atoms in total. The van der Waals surface area contributed by atoms with E-state index in [0.717, 1.165) is 103 Å². The van der Waals surface area contributed by atoms with Gasteiger partial charge in [-0.3, -0.25) is 37.3 Å². The Kier molecular flexibility index (Phi) is 76.7. The van der Waals surface area contributed by atoms with Crippen molar-refractivity contribution >= 4 is 39.5 Å². The lowest BCUT2D eigenvalue weighted by molar-refractivity contribution is -0.161. The summed E-state index contributed by atoms with van der Waals surface area (Å²) in [6.45, 7) is 5.01. The number of hydrogen-bond donors (Lipinski definition) is 3. The molecule has 19 heteroatoms. The lowest BCUT2D eigenvalue weighted by atomic mass is 10.0. The molecule has 0 fully saturated rings. The van der Waals surface area contributed by atoms with Crippen LogP contribution in [0.15, 0.2) is 0 Å². The van der Waals surface area contributed by atoms with Crippen LogP contribution in [0.1, 0.15) is 458 Å². The van der Waals surface area contributed by atoms with Crippen LogP contribution in [0.25, 0.3) is 0 Å². The minimum Gasteiger partial charge on any atom is -0.462 e. The van der Waals surface area contributed by atoms with E-state index in [1.54, 1.807) is 0 Å². The van der Waals surface area contributed by atoms with Gasteiger partial charge >= 0.3 is 39.5 Å². The van der Waals surface area contributed by atoms with E-state index < -0.39 is 97.5 Å². The number of ether oxygens (including phenoxy) is 4. The molecule has 0 aliphatic rings. The first kappa shape index (κ1) is 101. The van der Waals surface area contributed by atoms with Crippen molar-refractivity contribution in [2.24, 2.45) is 0 Å². The molecule has 3 N–H and O–H groups in total. The fourth-order valence-corrected chi connectivity index (χ4v) is 14.7. The molecule has 0 aromatic rings. The van der Waals surface area contributed by atoms with Crippen molar-refractivity contribution in [1.29, 1.82) is 0 Å². The van der Waals surface area contributed by atoms with E-state index in [2.05, 4.69) is 27.7 Å². The minimum atomic E-state index is -4.96. The molecule has 612 valence electrons. The second-order valence-corrected chi connectivity index (χ2v) is 33.1. The van der Waals surface area contributed by atoms with Gasteiger partial charge in [-0.15, -0.1) is 0 Å². The molecule has 0 spiro atoms. The maximum atomic E-state index is 13.1. The van der Waals surface area contributed by atoms with Crippen LogP contribution in [0.4, 0.5) is 0 Å². The summed E-state index contributed by atoms with van der Waals surface area (Å²) in [6.07, 6.45) is 72.4. The first-order valence-electron chi connectivity index (χ1n) is 43.8. The normalized spacial score (nSPS) is 13.7. The number of rotatable bonds is 85. The summed E-state index contributed by atoms with van der Waals surface area (Å²) in [5.41, 5.74) is 0. The Bertz CT molecular complexity index is 1950. The molecule has 0 aromatic carbocycles. The summed E-state index contributed by atoms with van der Waals surface area (Å²) in [6, 6.07) is 0. The Labute approximate surface area is 632 Å². The van der Waals surface area contributed by atoms with Crippen molar-refractivity contribution in [2.45, 2.75) is 476 Å². The lowest BCUT2D eigenvalue weighted by Crippen LogP contribution is -2.30. The maximum absolute atomic E-state index is 13.1. The average molecular weight is 1510 g/mol. The van der Waals surface area contributed by atoms with Crippen molar-refractivity contribution in [1.82, 2.24) is 0 Å². The van der Waals surface area contributed by atoms with Crippen molar-refractivity contribution in [2.75, 3.05) is 39.6 Å². The van der Waals surface area contributed by atoms with Gasteiger partial charge in [0.15, 0.2) is 12.2 Å². The van der Waals surface area contributed by atoms with Crippen LogP contribution < -0.4 is 0 Å². The molecular weight excluding hydrogens is 1340 g/mol. The highest BCUT2D eigenvalue weighted by Crippen LogP contribution is 2.45. The molecule has 0 aliphatic heterocycles. The summed E-state index contributed by atoms with van der Waals surface area (Å²) in [4.78, 5) is 73.0. The number of aliphatic hydroxyl groups is 1. The van der Waals surface area contributed by atoms with Gasteiger partial charge in [-0.2, -0.15) is 0 Å². The monoisotopic (exact) mass is 1510 g/mol. The average Bonchev–Trinajstić information content (AvgIpc) is 0.923. The van der Waals surface area contributed by atoms with E-state index in [0.29, 0.717) is 25.7 Å². The molecule has 0 bridgehead atoms. The molecule has 0 aliphatic carbocycles. The smallest absolute Gasteiger partial charge is 0.462 e. The van der Waals surface area contributed by atoms with E-state index in [4.69, 9.17) is 37.0 Å². The van der Waals surface area contributed by atoms with Gasteiger partial charge in [0.2, 0.25) is 0 Å². The number of carbonyl (C=O) groups excluding carboxylic acids is 4. The Morgan fingerprint density at radius 3 is 0.573 bits per heavy atom. The Morgan fingerprint density at radius 1 is 0.233 bits per heavy atom. The second-order valence-electron chi connectivity index (χ2n) is 30.2. The highest BCUT2D eigenvalue weighted by molar-refractivity contribution is 7.47. The molecule has 103 heavy (non-hydrogen) atoms. The third-order valence-corrected chi connectivity index (χ3v) is 21.8. The standard InChI is InChI=1S/C84H164O17P2/c1-5-9-13-17-21-24-27-30-33-36-38-40-43-46-49-52-55-59-63-67-71-84(89)101-80(75-95-82(87)69-65-61-57-53-50-47-44-42-39-37-34-31-28-25-22-18-14-10-6-2)77-99-103(92,93)97-73-78(85)72-96-102(90,91)98-76-79(74-94-81(86)68-64-60-56-20-16-12-8-4)100-83(88)70-66-62-58-54-51-48-45-41-35-32-29-26-23-19-15-11-7-3/h78-80,85H,5-77H2,1-4H3,(H,90,91)(H,92,93)/t78-,79+,80+/m0/s1. The Hall–Kier alpha value is -1.94. The minimum absolute atomic E-state index is 0.109. The summed E-state index contributed by atoms with van der Waals surface area (Å²) >= 11 is 0. The summed E-state index contributed by atoms with van der Waals surface area (Å²) in [7, 11) is -9.92. The molecule has 0 rings (SSSR count). The number of phosphoric ester groups is 2. The zero-order valence-corrected chi connectivity index (χ0v) is 69.1. The first-order valence-corrected chi connectivity index (χ1v) is 46.8. The van der Waals surface area contributed by atoms with Crippen molar-refractivity contribution in [3.8, 4) is 0 Å². The van der Waals surface area contributed by atoms with Gasteiger partial charge in [0.25, 0.3) is 0 Å². The molecule has 0 saturated carbocycles. The zero-order chi connectivity index (χ0) is 75.3. The molecule has 0 saturated heterocycles. The van der Waals surface area contributed by atoms with Crippen LogP contribution in [0.2, 0.25) is 0 Å². The maximum Gasteiger partial charge on any atom is 0.472 e. The number of hydrogen-bond acceptors (Lipinski definition) is 15. The number of esters is 4. The Balaban J connectivity index is 5.16. The van der Waals surface area contributed by atoms with E-state index in [9.17, 15) is 43.2 Å². The summed E-state index contributed by atoms with van der Waals surface area (Å²) in [5, 5.41) is 10.6. The number of unbranched alkanes of at least 4 members (excludes halogenated alkanes) is 59.